The van der Waals surface area contributed by atoms with Crippen molar-refractivity contribution < 1.29 is 13.2 Å². The highest BCUT2D eigenvalue weighted by Gasteiger charge is 2.34. The van der Waals surface area contributed by atoms with Crippen molar-refractivity contribution in [1.82, 2.24) is 5.32 Å². The first kappa shape index (κ1) is 19.7. The lowest BCUT2D eigenvalue weighted by atomic mass is 10.1. The Morgan fingerprint density at radius 1 is 1.09 bits per heavy atom. The molecule has 5 heteroatoms. The molecule has 0 radical (unpaired) electrons. The zero-order valence-corrected chi connectivity index (χ0v) is 15.4. The fraction of sp³-hybridized carbons (Fsp3) is 0.611. The van der Waals surface area contributed by atoms with Gasteiger partial charge in [-0.3, -0.25) is 4.79 Å². The molecule has 0 bridgehead atoms. The molecule has 0 aliphatic carbocycles. The number of aryl methyl sites for hydroxylation is 1. The second-order valence-electron chi connectivity index (χ2n) is 6.13. The maximum Gasteiger partial charge on any atom is 0.238 e. The van der Waals surface area contributed by atoms with E-state index < -0.39 is 26.2 Å². The third-order valence-electron chi connectivity index (χ3n) is 4.14. The highest BCUT2D eigenvalue weighted by Crippen LogP contribution is 2.20. The highest BCUT2D eigenvalue weighted by molar-refractivity contribution is 7.93. The van der Waals surface area contributed by atoms with Crippen molar-refractivity contribution in [2.75, 3.05) is 0 Å². The van der Waals surface area contributed by atoms with E-state index in [4.69, 9.17) is 0 Å². The van der Waals surface area contributed by atoms with Crippen LogP contribution in [0.5, 0.6) is 0 Å². The molecule has 23 heavy (non-hydrogen) atoms. The maximum absolute atomic E-state index is 12.6. The smallest absolute Gasteiger partial charge is 0.238 e. The summed E-state index contributed by atoms with van der Waals surface area (Å²) >= 11 is 0. The number of carbonyl (C=O) groups excluding carboxylic acids is 1. The third-order valence-corrected chi connectivity index (χ3v) is 6.74. The average molecular weight is 340 g/mol. The van der Waals surface area contributed by atoms with Crippen LogP contribution in [0.1, 0.15) is 57.6 Å². The molecule has 0 spiro atoms. The number of nitrogens with one attached hydrogen (secondary N) is 1. The summed E-state index contributed by atoms with van der Waals surface area (Å²) in [5.41, 5.74) is 2.12. The van der Waals surface area contributed by atoms with Crippen LogP contribution < -0.4 is 5.32 Å². The van der Waals surface area contributed by atoms with Crippen LogP contribution in [0, 0.1) is 6.92 Å². The lowest BCUT2D eigenvalue weighted by Crippen LogP contribution is -2.42. The summed E-state index contributed by atoms with van der Waals surface area (Å²) < 4.78 is 25.3. The van der Waals surface area contributed by atoms with Crippen LogP contribution in [0.4, 0.5) is 0 Å². The Morgan fingerprint density at radius 2 is 1.61 bits per heavy atom. The van der Waals surface area contributed by atoms with E-state index in [1.807, 2.05) is 45.0 Å². The van der Waals surface area contributed by atoms with Gasteiger partial charge in [0.25, 0.3) is 0 Å². The Kier molecular flexibility index (Phi) is 7.76. The van der Waals surface area contributed by atoms with E-state index in [2.05, 4.69) is 5.32 Å². The molecule has 1 atom stereocenters. The minimum absolute atomic E-state index is 0.352. The van der Waals surface area contributed by atoms with E-state index in [9.17, 15) is 13.2 Å². The van der Waals surface area contributed by atoms with Crippen LogP contribution in [0.2, 0.25) is 0 Å². The van der Waals surface area contributed by atoms with Crippen molar-refractivity contribution in [3.8, 4) is 0 Å². The van der Waals surface area contributed by atoms with Crippen LogP contribution in [0.25, 0.3) is 0 Å². The molecule has 0 saturated carbocycles. The van der Waals surface area contributed by atoms with Crippen LogP contribution in [0.15, 0.2) is 24.3 Å². The Hall–Kier alpha value is -1.36. The van der Waals surface area contributed by atoms with Gasteiger partial charge in [0.05, 0.1) is 5.25 Å². The van der Waals surface area contributed by atoms with Gasteiger partial charge in [0.1, 0.15) is 5.25 Å². The molecule has 0 fully saturated rings. The second-order valence-corrected chi connectivity index (χ2v) is 8.69. The summed E-state index contributed by atoms with van der Waals surface area (Å²) in [4.78, 5) is 12.3. The maximum atomic E-state index is 12.6. The van der Waals surface area contributed by atoms with Crippen molar-refractivity contribution >= 4 is 15.7 Å². The lowest BCUT2D eigenvalue weighted by Gasteiger charge is -2.21. The Bertz CT molecular complexity index is 587. The number of amides is 1. The van der Waals surface area contributed by atoms with Crippen LogP contribution in [-0.4, -0.2) is 24.8 Å². The van der Waals surface area contributed by atoms with E-state index in [-0.39, 0.29) is 0 Å². The first-order valence-corrected chi connectivity index (χ1v) is 9.99. The summed E-state index contributed by atoms with van der Waals surface area (Å²) in [7, 11) is -3.45. The fourth-order valence-electron chi connectivity index (χ4n) is 2.59. The Balaban J connectivity index is 2.71. The van der Waals surface area contributed by atoms with E-state index in [1.54, 1.807) is 0 Å². The summed E-state index contributed by atoms with van der Waals surface area (Å²) in [6.45, 7) is 7.79. The summed E-state index contributed by atoms with van der Waals surface area (Å²) in [6.07, 6.45) is 2.85. The van der Waals surface area contributed by atoms with Crippen molar-refractivity contribution in [3.05, 3.63) is 35.4 Å². The molecular formula is C18H29NO3S. The number of hydrogen-bond acceptors (Lipinski definition) is 3. The molecule has 1 aromatic rings. The Morgan fingerprint density at radius 3 is 2.09 bits per heavy atom. The van der Waals surface area contributed by atoms with Gasteiger partial charge in [-0.1, -0.05) is 56.5 Å². The SMILES string of the molecule is CCCC(CCC)S(=O)(=O)C(C)C(=O)NCc1ccc(C)cc1. The van der Waals surface area contributed by atoms with Gasteiger partial charge in [-0.15, -0.1) is 0 Å². The van der Waals surface area contributed by atoms with E-state index in [1.165, 1.54) is 6.92 Å². The largest absolute Gasteiger partial charge is 0.351 e. The predicted molar refractivity (Wildman–Crippen MR) is 95.0 cm³/mol. The summed E-state index contributed by atoms with van der Waals surface area (Å²) in [5.74, 6) is -0.414. The number of hydrogen-bond donors (Lipinski definition) is 1. The topological polar surface area (TPSA) is 63.2 Å². The van der Waals surface area contributed by atoms with E-state index >= 15 is 0 Å². The fourth-order valence-corrected chi connectivity index (χ4v) is 4.68. The van der Waals surface area contributed by atoms with Gasteiger partial charge >= 0.3 is 0 Å². The van der Waals surface area contributed by atoms with Crippen molar-refractivity contribution in [2.45, 2.75) is 70.4 Å². The molecular weight excluding hydrogens is 310 g/mol. The van der Waals surface area contributed by atoms with Gasteiger partial charge in [0, 0.05) is 6.54 Å². The quantitative estimate of drug-likeness (QED) is 0.750. The Labute approximate surface area is 140 Å². The van der Waals surface area contributed by atoms with Gasteiger partial charge in [-0.2, -0.15) is 0 Å². The molecule has 4 nitrogen and oxygen atoms in total. The molecule has 1 N–H and O–H groups in total. The van der Waals surface area contributed by atoms with Crippen LogP contribution in [-0.2, 0) is 21.2 Å². The molecule has 1 rings (SSSR count). The first-order chi connectivity index (χ1) is 10.8. The van der Waals surface area contributed by atoms with Crippen molar-refractivity contribution in [3.63, 3.8) is 0 Å². The summed E-state index contributed by atoms with van der Waals surface area (Å²) in [5, 5.41) is 1.32. The summed E-state index contributed by atoms with van der Waals surface area (Å²) in [6, 6.07) is 7.82. The average Bonchev–Trinajstić information content (AvgIpc) is 2.53. The lowest BCUT2D eigenvalue weighted by molar-refractivity contribution is -0.120. The molecule has 1 amide bonds. The molecule has 0 heterocycles. The standard InChI is InChI=1S/C18H29NO3S/c1-5-7-17(8-6-2)23(21,22)15(4)18(20)19-13-16-11-9-14(3)10-12-16/h9-12,15,17H,5-8,13H2,1-4H3,(H,19,20). The van der Waals surface area contributed by atoms with Crippen LogP contribution >= 0.6 is 0 Å². The number of rotatable bonds is 9. The highest BCUT2D eigenvalue weighted by atomic mass is 32.2. The molecule has 0 aromatic heterocycles. The first-order valence-electron chi connectivity index (χ1n) is 8.38. The minimum atomic E-state index is -3.45. The van der Waals surface area contributed by atoms with Gasteiger partial charge in [-0.25, -0.2) is 8.42 Å². The van der Waals surface area contributed by atoms with Crippen molar-refractivity contribution in [1.29, 1.82) is 0 Å². The van der Waals surface area contributed by atoms with Gasteiger partial charge in [0.15, 0.2) is 9.84 Å². The monoisotopic (exact) mass is 339 g/mol. The molecule has 0 aliphatic rings. The van der Waals surface area contributed by atoms with E-state index in [0.29, 0.717) is 19.4 Å². The predicted octanol–water partition coefficient (Wildman–Crippen LogP) is 3.38. The third kappa shape index (κ3) is 5.65. The van der Waals surface area contributed by atoms with Gasteiger partial charge < -0.3 is 5.32 Å². The second kappa shape index (κ2) is 9.06. The zero-order chi connectivity index (χ0) is 17.5. The van der Waals surface area contributed by atoms with E-state index in [0.717, 1.165) is 24.0 Å². The minimum Gasteiger partial charge on any atom is -0.351 e. The van der Waals surface area contributed by atoms with Gasteiger partial charge in [-0.05, 0) is 32.3 Å². The molecule has 1 aromatic carbocycles. The molecule has 1 unspecified atom stereocenters. The molecule has 130 valence electrons. The zero-order valence-electron chi connectivity index (χ0n) is 14.6. The van der Waals surface area contributed by atoms with Gasteiger partial charge in [0.2, 0.25) is 5.91 Å². The number of benzene rings is 1. The number of sulfone groups is 1. The van der Waals surface area contributed by atoms with Crippen molar-refractivity contribution in [2.24, 2.45) is 0 Å². The van der Waals surface area contributed by atoms with Crippen LogP contribution in [0.3, 0.4) is 0 Å². The molecule has 0 aliphatic heterocycles. The number of carbonyl (C=O) groups is 1. The normalized spacial score (nSPS) is 13.1. The molecule has 0 saturated heterocycles.